The van der Waals surface area contributed by atoms with Crippen LogP contribution >= 0.6 is 0 Å². The Balaban J connectivity index is 1.69. The average Bonchev–Trinajstić information content (AvgIpc) is 3.33. The zero-order valence-electron chi connectivity index (χ0n) is 16.1. The van der Waals surface area contributed by atoms with Crippen molar-refractivity contribution in [3.63, 3.8) is 0 Å². The van der Waals surface area contributed by atoms with Crippen molar-refractivity contribution in [1.29, 1.82) is 5.26 Å². The number of para-hydroxylation sites is 1. The minimum Gasteiger partial charge on any atom is -0.484 e. The molecule has 0 saturated carbocycles. The van der Waals surface area contributed by atoms with Gasteiger partial charge < -0.3 is 14.1 Å². The van der Waals surface area contributed by atoms with E-state index in [1.54, 1.807) is 52.2 Å². The van der Waals surface area contributed by atoms with Crippen LogP contribution in [-0.2, 0) is 20.2 Å². The highest BCUT2D eigenvalue weighted by atomic mass is 16.5. The Bertz CT molecular complexity index is 997. The SMILES string of the molecule is CC(C)N(Cc1cnn(C)c1)C(=O)c1ccc(COc2ccccc2C#N)o1. The second-order valence-corrected chi connectivity index (χ2v) is 6.71. The van der Waals surface area contributed by atoms with E-state index >= 15 is 0 Å². The normalized spacial score (nSPS) is 10.7. The molecule has 7 nitrogen and oxygen atoms in total. The molecule has 0 spiro atoms. The molecule has 0 aliphatic carbocycles. The fraction of sp³-hybridized carbons (Fsp3) is 0.286. The number of ether oxygens (including phenoxy) is 1. The number of hydrogen-bond acceptors (Lipinski definition) is 5. The lowest BCUT2D eigenvalue weighted by atomic mass is 10.2. The summed E-state index contributed by atoms with van der Waals surface area (Å²) >= 11 is 0. The second kappa shape index (κ2) is 8.44. The van der Waals surface area contributed by atoms with Gasteiger partial charge in [0.15, 0.2) is 5.76 Å². The van der Waals surface area contributed by atoms with Crippen LogP contribution in [0.1, 0.15) is 41.3 Å². The van der Waals surface area contributed by atoms with Crippen molar-refractivity contribution in [2.24, 2.45) is 7.05 Å². The number of furan rings is 1. The molecule has 2 aromatic heterocycles. The highest BCUT2D eigenvalue weighted by Gasteiger charge is 2.22. The van der Waals surface area contributed by atoms with Gasteiger partial charge in [-0.2, -0.15) is 10.4 Å². The van der Waals surface area contributed by atoms with E-state index in [1.807, 2.05) is 27.1 Å². The number of hydrogen-bond donors (Lipinski definition) is 0. The van der Waals surface area contributed by atoms with Gasteiger partial charge in [-0.25, -0.2) is 0 Å². The fourth-order valence-electron chi connectivity index (χ4n) is 2.78. The molecule has 3 rings (SSSR count). The average molecular weight is 378 g/mol. The largest absolute Gasteiger partial charge is 0.484 e. The van der Waals surface area contributed by atoms with Gasteiger partial charge in [0.2, 0.25) is 0 Å². The first-order valence-electron chi connectivity index (χ1n) is 8.97. The van der Waals surface area contributed by atoms with Gasteiger partial charge in [0.1, 0.15) is 24.2 Å². The molecular formula is C21H22N4O3. The van der Waals surface area contributed by atoms with Gasteiger partial charge >= 0.3 is 0 Å². The van der Waals surface area contributed by atoms with Gasteiger partial charge in [-0.1, -0.05) is 12.1 Å². The first kappa shape index (κ1) is 19.2. The Morgan fingerprint density at radius 3 is 2.79 bits per heavy atom. The number of rotatable bonds is 7. The van der Waals surface area contributed by atoms with Crippen LogP contribution in [0.5, 0.6) is 5.75 Å². The molecular weight excluding hydrogens is 356 g/mol. The van der Waals surface area contributed by atoms with E-state index in [0.29, 0.717) is 23.6 Å². The van der Waals surface area contributed by atoms with E-state index in [-0.39, 0.29) is 24.3 Å². The van der Waals surface area contributed by atoms with Crippen molar-refractivity contribution in [2.45, 2.75) is 33.0 Å². The highest BCUT2D eigenvalue weighted by molar-refractivity contribution is 5.91. The van der Waals surface area contributed by atoms with Crippen LogP contribution in [0.3, 0.4) is 0 Å². The number of aryl methyl sites for hydroxylation is 1. The van der Waals surface area contributed by atoms with Gasteiger partial charge in [0.25, 0.3) is 5.91 Å². The molecule has 3 aromatic rings. The first-order valence-corrected chi connectivity index (χ1v) is 8.97. The highest BCUT2D eigenvalue weighted by Crippen LogP contribution is 2.20. The van der Waals surface area contributed by atoms with Crippen molar-refractivity contribution < 1.29 is 13.9 Å². The molecule has 0 aliphatic heterocycles. The minimum absolute atomic E-state index is 0.0000108. The Hall–Kier alpha value is -3.53. The summed E-state index contributed by atoms with van der Waals surface area (Å²) in [4.78, 5) is 14.6. The fourth-order valence-corrected chi connectivity index (χ4v) is 2.78. The summed E-state index contributed by atoms with van der Waals surface area (Å²) in [5.74, 6) is 1.06. The summed E-state index contributed by atoms with van der Waals surface area (Å²) in [5, 5.41) is 13.3. The maximum Gasteiger partial charge on any atom is 0.290 e. The third-order valence-corrected chi connectivity index (χ3v) is 4.25. The van der Waals surface area contributed by atoms with E-state index in [4.69, 9.17) is 14.4 Å². The monoisotopic (exact) mass is 378 g/mol. The van der Waals surface area contributed by atoms with Crippen molar-refractivity contribution in [1.82, 2.24) is 14.7 Å². The van der Waals surface area contributed by atoms with Gasteiger partial charge in [0, 0.05) is 31.4 Å². The number of carbonyl (C=O) groups excluding carboxylic acids is 1. The zero-order valence-corrected chi connectivity index (χ0v) is 16.1. The Morgan fingerprint density at radius 2 is 2.11 bits per heavy atom. The van der Waals surface area contributed by atoms with Crippen LogP contribution in [0.2, 0.25) is 0 Å². The topological polar surface area (TPSA) is 84.3 Å². The zero-order chi connectivity index (χ0) is 20.1. The van der Waals surface area contributed by atoms with Crippen molar-refractivity contribution in [3.05, 3.63) is 71.4 Å². The lowest BCUT2D eigenvalue weighted by Crippen LogP contribution is -2.36. The number of aromatic nitrogens is 2. The summed E-state index contributed by atoms with van der Waals surface area (Å²) in [6.07, 6.45) is 3.63. The molecule has 0 atom stereocenters. The molecule has 28 heavy (non-hydrogen) atoms. The summed E-state index contributed by atoms with van der Waals surface area (Å²) in [5.41, 5.74) is 1.40. The van der Waals surface area contributed by atoms with Crippen LogP contribution in [0.25, 0.3) is 0 Å². The van der Waals surface area contributed by atoms with E-state index < -0.39 is 0 Å². The minimum atomic E-state index is -0.192. The Labute approximate surface area is 163 Å². The van der Waals surface area contributed by atoms with E-state index in [1.165, 1.54) is 0 Å². The molecule has 0 bridgehead atoms. The molecule has 0 aliphatic rings. The smallest absolute Gasteiger partial charge is 0.290 e. The number of benzene rings is 1. The molecule has 0 N–H and O–H groups in total. The predicted molar refractivity (Wildman–Crippen MR) is 102 cm³/mol. The Kier molecular flexibility index (Phi) is 5.80. The third kappa shape index (κ3) is 4.41. The predicted octanol–water partition coefficient (Wildman–Crippen LogP) is 3.51. The summed E-state index contributed by atoms with van der Waals surface area (Å²) in [6.45, 7) is 4.50. The van der Waals surface area contributed by atoms with Gasteiger partial charge in [-0.05, 0) is 38.1 Å². The number of amides is 1. The molecule has 1 aromatic carbocycles. The van der Waals surface area contributed by atoms with Crippen LogP contribution < -0.4 is 4.74 Å². The summed E-state index contributed by atoms with van der Waals surface area (Å²) in [7, 11) is 1.84. The maximum atomic E-state index is 12.9. The number of carbonyl (C=O) groups is 1. The van der Waals surface area contributed by atoms with Crippen molar-refractivity contribution in [2.75, 3.05) is 0 Å². The van der Waals surface area contributed by atoms with Gasteiger partial charge in [-0.15, -0.1) is 0 Å². The van der Waals surface area contributed by atoms with E-state index in [2.05, 4.69) is 11.2 Å². The number of nitriles is 1. The second-order valence-electron chi connectivity index (χ2n) is 6.71. The molecule has 0 radical (unpaired) electrons. The lowest BCUT2D eigenvalue weighted by Gasteiger charge is -2.25. The van der Waals surface area contributed by atoms with Gasteiger partial charge in [-0.3, -0.25) is 9.48 Å². The molecule has 7 heteroatoms. The van der Waals surface area contributed by atoms with E-state index in [0.717, 1.165) is 5.56 Å². The molecule has 0 unspecified atom stereocenters. The lowest BCUT2D eigenvalue weighted by molar-refractivity contribution is 0.0653. The van der Waals surface area contributed by atoms with Crippen LogP contribution in [0.15, 0.2) is 53.2 Å². The van der Waals surface area contributed by atoms with Crippen molar-refractivity contribution in [3.8, 4) is 11.8 Å². The standard InChI is InChI=1S/C21H22N4O3/c1-15(2)25(13-16-11-23-24(3)12-16)21(26)20-9-8-18(28-20)14-27-19-7-5-4-6-17(19)10-22/h4-9,11-12,15H,13-14H2,1-3H3. The third-order valence-electron chi connectivity index (χ3n) is 4.25. The maximum absolute atomic E-state index is 12.9. The van der Waals surface area contributed by atoms with Crippen LogP contribution in [0.4, 0.5) is 0 Å². The summed E-state index contributed by atoms with van der Waals surface area (Å²) in [6, 6.07) is 12.4. The van der Waals surface area contributed by atoms with Crippen LogP contribution in [0, 0.1) is 11.3 Å². The Morgan fingerprint density at radius 1 is 1.32 bits per heavy atom. The molecule has 144 valence electrons. The molecule has 2 heterocycles. The summed E-state index contributed by atoms with van der Waals surface area (Å²) < 4.78 is 13.1. The quantitative estimate of drug-likeness (QED) is 0.628. The molecule has 0 fully saturated rings. The van der Waals surface area contributed by atoms with Gasteiger partial charge in [0.05, 0.1) is 11.8 Å². The molecule has 0 saturated heterocycles. The van der Waals surface area contributed by atoms with E-state index in [9.17, 15) is 4.79 Å². The van der Waals surface area contributed by atoms with Crippen molar-refractivity contribution >= 4 is 5.91 Å². The number of nitrogens with zero attached hydrogens (tertiary/aromatic N) is 4. The first-order chi connectivity index (χ1) is 13.5. The molecule has 1 amide bonds. The van der Waals surface area contributed by atoms with Crippen LogP contribution in [-0.4, -0.2) is 26.6 Å².